The molecule has 0 spiro atoms. The molecule has 3 atom stereocenters. The van der Waals surface area contributed by atoms with Gasteiger partial charge in [-0.2, -0.15) is 0 Å². The third kappa shape index (κ3) is 3.15. The summed E-state index contributed by atoms with van der Waals surface area (Å²) in [6, 6.07) is 13.9. The molecule has 5 nitrogen and oxygen atoms in total. The Bertz CT molecular complexity index is 1010. The molecule has 144 valence electrons. The number of hydrogen-bond donors (Lipinski definition) is 1. The standard InChI is InChI=1S/C22H22N4O.ClH/c23-19-6-5-15-12-26(13-18(15)19)22(27)17-11-21(14-7-9-24-10-8-14)25-20-4-2-1-3-16(17)20;/h1-4,7-11,15,18-19H,5-6,12-13,23H2;1H. The van der Waals surface area contributed by atoms with E-state index in [9.17, 15) is 4.79 Å². The molecule has 5 rings (SSSR count). The van der Waals surface area contributed by atoms with E-state index in [1.54, 1.807) is 12.4 Å². The summed E-state index contributed by atoms with van der Waals surface area (Å²) in [5.41, 5.74) is 9.58. The van der Waals surface area contributed by atoms with Gasteiger partial charge in [0, 0.05) is 42.5 Å². The number of likely N-dealkylation sites (tertiary alicyclic amines) is 1. The summed E-state index contributed by atoms with van der Waals surface area (Å²) in [5.74, 6) is 1.09. The van der Waals surface area contributed by atoms with Crippen molar-refractivity contribution < 1.29 is 4.79 Å². The van der Waals surface area contributed by atoms with Gasteiger partial charge in [0.15, 0.2) is 0 Å². The van der Waals surface area contributed by atoms with Gasteiger partial charge in [-0.15, -0.1) is 12.4 Å². The fourth-order valence-electron chi connectivity index (χ4n) is 4.67. The molecule has 3 aromatic rings. The van der Waals surface area contributed by atoms with Gasteiger partial charge in [0.25, 0.3) is 5.91 Å². The molecule has 3 heterocycles. The molecule has 1 amide bonds. The van der Waals surface area contributed by atoms with Crippen LogP contribution >= 0.6 is 12.4 Å². The quantitative estimate of drug-likeness (QED) is 0.721. The highest BCUT2D eigenvalue weighted by atomic mass is 35.5. The minimum absolute atomic E-state index is 0. The third-order valence-corrected chi connectivity index (χ3v) is 6.12. The highest BCUT2D eigenvalue weighted by Crippen LogP contribution is 2.38. The van der Waals surface area contributed by atoms with E-state index in [0.717, 1.165) is 53.7 Å². The molecular weight excluding hydrogens is 372 g/mol. The molecule has 2 aromatic heterocycles. The maximum Gasteiger partial charge on any atom is 0.254 e. The maximum atomic E-state index is 13.4. The van der Waals surface area contributed by atoms with Crippen molar-refractivity contribution >= 4 is 29.2 Å². The monoisotopic (exact) mass is 394 g/mol. The molecule has 28 heavy (non-hydrogen) atoms. The van der Waals surface area contributed by atoms with E-state index in [1.807, 2.05) is 47.4 Å². The minimum atomic E-state index is 0. The van der Waals surface area contributed by atoms with Crippen molar-refractivity contribution in [2.75, 3.05) is 13.1 Å². The van der Waals surface area contributed by atoms with Gasteiger partial charge in [0.1, 0.15) is 0 Å². The molecule has 1 saturated carbocycles. The summed E-state index contributed by atoms with van der Waals surface area (Å²) in [5, 5.41) is 0.904. The summed E-state index contributed by atoms with van der Waals surface area (Å²) < 4.78 is 0. The van der Waals surface area contributed by atoms with E-state index in [-0.39, 0.29) is 24.4 Å². The fourth-order valence-corrected chi connectivity index (χ4v) is 4.67. The molecule has 2 fully saturated rings. The van der Waals surface area contributed by atoms with Crippen molar-refractivity contribution in [3.05, 3.63) is 60.4 Å². The highest BCUT2D eigenvalue weighted by Gasteiger charge is 2.42. The Kier molecular flexibility index (Phi) is 5.04. The number of carbonyl (C=O) groups is 1. The van der Waals surface area contributed by atoms with E-state index in [2.05, 4.69) is 4.98 Å². The zero-order chi connectivity index (χ0) is 18.4. The SMILES string of the molecule is Cl.NC1CCC2CN(C(=O)c3cc(-c4ccncc4)nc4ccccc34)CC12. The lowest BCUT2D eigenvalue weighted by atomic mass is 9.98. The van der Waals surface area contributed by atoms with Crippen LogP contribution in [0.25, 0.3) is 22.2 Å². The Hall–Kier alpha value is -2.50. The van der Waals surface area contributed by atoms with Crippen molar-refractivity contribution in [1.29, 1.82) is 0 Å². The topological polar surface area (TPSA) is 72.1 Å². The lowest BCUT2D eigenvalue weighted by Gasteiger charge is -2.20. The van der Waals surface area contributed by atoms with Crippen molar-refractivity contribution in [2.24, 2.45) is 17.6 Å². The molecule has 2 aliphatic rings. The van der Waals surface area contributed by atoms with Gasteiger partial charge < -0.3 is 10.6 Å². The summed E-state index contributed by atoms with van der Waals surface area (Å²) in [7, 11) is 0. The summed E-state index contributed by atoms with van der Waals surface area (Å²) in [6.07, 6.45) is 5.71. The normalized spacial score (nSPS) is 23.5. The summed E-state index contributed by atoms with van der Waals surface area (Å²) in [4.78, 5) is 24.3. The molecule has 6 heteroatoms. The number of amides is 1. The van der Waals surface area contributed by atoms with Gasteiger partial charge in [-0.3, -0.25) is 9.78 Å². The molecule has 2 N–H and O–H groups in total. The van der Waals surface area contributed by atoms with Crippen LogP contribution in [-0.2, 0) is 0 Å². The Labute approximate surface area is 170 Å². The Morgan fingerprint density at radius 1 is 1.07 bits per heavy atom. The van der Waals surface area contributed by atoms with Crippen LogP contribution in [0.3, 0.4) is 0 Å². The zero-order valence-corrected chi connectivity index (χ0v) is 16.3. The lowest BCUT2D eigenvalue weighted by molar-refractivity contribution is 0.0781. The van der Waals surface area contributed by atoms with Crippen molar-refractivity contribution in [2.45, 2.75) is 18.9 Å². The number of nitrogens with zero attached hydrogens (tertiary/aromatic N) is 3. The Morgan fingerprint density at radius 3 is 2.64 bits per heavy atom. The molecule has 0 radical (unpaired) electrons. The molecule has 0 bridgehead atoms. The van der Waals surface area contributed by atoms with Crippen LogP contribution in [0.5, 0.6) is 0 Å². The van der Waals surface area contributed by atoms with Gasteiger partial charge in [0.2, 0.25) is 0 Å². The first-order valence-corrected chi connectivity index (χ1v) is 9.56. The average Bonchev–Trinajstić information content (AvgIpc) is 3.29. The van der Waals surface area contributed by atoms with Crippen molar-refractivity contribution in [1.82, 2.24) is 14.9 Å². The van der Waals surface area contributed by atoms with Crippen LogP contribution in [0.1, 0.15) is 23.2 Å². The van der Waals surface area contributed by atoms with Gasteiger partial charge in [-0.25, -0.2) is 4.98 Å². The zero-order valence-electron chi connectivity index (χ0n) is 15.5. The van der Waals surface area contributed by atoms with E-state index in [4.69, 9.17) is 10.7 Å². The minimum Gasteiger partial charge on any atom is -0.338 e. The Balaban J connectivity index is 0.00000192. The average molecular weight is 395 g/mol. The smallest absolute Gasteiger partial charge is 0.254 e. The number of para-hydroxylation sites is 1. The molecule has 1 aliphatic carbocycles. The van der Waals surface area contributed by atoms with Crippen molar-refractivity contribution in [3.63, 3.8) is 0 Å². The predicted octanol–water partition coefficient (Wildman–Crippen LogP) is 3.53. The summed E-state index contributed by atoms with van der Waals surface area (Å²) >= 11 is 0. The van der Waals surface area contributed by atoms with Crippen molar-refractivity contribution in [3.8, 4) is 11.3 Å². The van der Waals surface area contributed by atoms with E-state index in [0.29, 0.717) is 11.8 Å². The molecule has 1 aliphatic heterocycles. The molecule has 3 unspecified atom stereocenters. The van der Waals surface area contributed by atoms with E-state index in [1.165, 1.54) is 0 Å². The van der Waals surface area contributed by atoms with Crippen LogP contribution < -0.4 is 5.73 Å². The number of carbonyl (C=O) groups excluding carboxylic acids is 1. The van der Waals surface area contributed by atoms with E-state index < -0.39 is 0 Å². The lowest BCUT2D eigenvalue weighted by Crippen LogP contribution is -2.33. The Morgan fingerprint density at radius 2 is 1.86 bits per heavy atom. The van der Waals surface area contributed by atoms with Crippen LogP contribution in [-0.4, -0.2) is 39.9 Å². The van der Waals surface area contributed by atoms with Gasteiger partial charge >= 0.3 is 0 Å². The van der Waals surface area contributed by atoms with Gasteiger partial charge in [-0.05, 0) is 48.9 Å². The first-order valence-electron chi connectivity index (χ1n) is 9.56. The molecular formula is C22H23ClN4O. The number of hydrogen-bond acceptors (Lipinski definition) is 4. The van der Waals surface area contributed by atoms with Crippen LogP contribution in [0.15, 0.2) is 54.9 Å². The number of fused-ring (bicyclic) bond motifs is 2. The number of halogens is 1. The van der Waals surface area contributed by atoms with Crippen LogP contribution in [0, 0.1) is 11.8 Å². The second-order valence-electron chi connectivity index (χ2n) is 7.68. The number of benzene rings is 1. The number of nitrogens with two attached hydrogens (primary N) is 1. The first kappa shape index (κ1) is 18.8. The van der Waals surface area contributed by atoms with Gasteiger partial charge in [-0.1, -0.05) is 18.2 Å². The fraction of sp³-hybridized carbons (Fsp3) is 0.318. The number of pyridine rings is 2. The highest BCUT2D eigenvalue weighted by molar-refractivity contribution is 6.07. The molecule has 1 aromatic carbocycles. The second kappa shape index (κ2) is 7.49. The van der Waals surface area contributed by atoms with E-state index >= 15 is 0 Å². The second-order valence-corrected chi connectivity index (χ2v) is 7.68. The number of rotatable bonds is 2. The first-order chi connectivity index (χ1) is 13.2. The van der Waals surface area contributed by atoms with Crippen LogP contribution in [0.2, 0.25) is 0 Å². The summed E-state index contributed by atoms with van der Waals surface area (Å²) in [6.45, 7) is 1.59. The van der Waals surface area contributed by atoms with Crippen LogP contribution in [0.4, 0.5) is 0 Å². The molecule has 1 saturated heterocycles. The van der Waals surface area contributed by atoms with Gasteiger partial charge in [0.05, 0.1) is 16.8 Å². The largest absolute Gasteiger partial charge is 0.338 e. The third-order valence-electron chi connectivity index (χ3n) is 6.12. The predicted molar refractivity (Wildman–Crippen MR) is 112 cm³/mol. The maximum absolute atomic E-state index is 13.4. The number of aromatic nitrogens is 2.